The van der Waals surface area contributed by atoms with E-state index < -0.39 is 61.4 Å². The number of benzene rings is 1. The van der Waals surface area contributed by atoms with Crippen LogP contribution in [0.2, 0.25) is 0 Å². The first kappa shape index (κ1) is 46.9. The summed E-state index contributed by atoms with van der Waals surface area (Å²) in [6, 6.07) is 4.34. The van der Waals surface area contributed by atoms with Crippen molar-refractivity contribution >= 4 is 11.8 Å². The molecule has 1 aliphatic rings. The Bertz CT molecular complexity index is 1100. The number of ether oxygens (including phenoxy) is 2. The number of nitrogens with one attached hydrogen (secondary N) is 2. The minimum absolute atomic E-state index is 0.186. The van der Waals surface area contributed by atoms with Crippen molar-refractivity contribution in [2.75, 3.05) is 19.8 Å². The Morgan fingerprint density at radius 2 is 1.32 bits per heavy atom. The highest BCUT2D eigenvalue weighted by Crippen LogP contribution is 2.23. The maximum atomic E-state index is 13.0. The molecule has 0 saturated carbocycles. The summed E-state index contributed by atoms with van der Waals surface area (Å²) in [7, 11) is 0. The molecule has 2 amide bonds. The third-order valence-electron chi connectivity index (χ3n) is 10.0. The number of aliphatic hydroxyl groups is 6. The molecule has 8 atom stereocenters. The number of aliphatic hydroxyl groups excluding tert-OH is 6. The van der Waals surface area contributed by atoms with Crippen LogP contribution in [0.4, 0.5) is 4.39 Å². The van der Waals surface area contributed by atoms with Gasteiger partial charge in [0.25, 0.3) is 5.91 Å². The molecule has 2 rings (SSSR count). The molecule has 0 bridgehead atoms. The van der Waals surface area contributed by atoms with Crippen molar-refractivity contribution in [3.63, 3.8) is 0 Å². The fraction of sp³-hybridized carbons (Fsp3) is 0.800. The molecular formula is C40H69FN2O10. The number of carbonyl (C=O) groups is 2. The van der Waals surface area contributed by atoms with Crippen LogP contribution in [0.3, 0.4) is 0 Å². The molecule has 1 aromatic carbocycles. The van der Waals surface area contributed by atoms with E-state index in [0.29, 0.717) is 31.4 Å². The molecule has 13 heteroatoms. The fourth-order valence-electron chi connectivity index (χ4n) is 6.56. The van der Waals surface area contributed by atoms with Gasteiger partial charge in [0.1, 0.15) is 36.3 Å². The van der Waals surface area contributed by atoms with Gasteiger partial charge in [0.2, 0.25) is 5.91 Å². The Morgan fingerprint density at radius 3 is 1.91 bits per heavy atom. The van der Waals surface area contributed by atoms with Crippen LogP contribution < -0.4 is 10.6 Å². The maximum absolute atomic E-state index is 13.0. The molecule has 1 fully saturated rings. The third kappa shape index (κ3) is 19.3. The highest BCUT2D eigenvalue weighted by atomic mass is 19.1. The average molecular weight is 757 g/mol. The van der Waals surface area contributed by atoms with E-state index in [1.54, 1.807) is 0 Å². The van der Waals surface area contributed by atoms with Gasteiger partial charge in [-0.3, -0.25) is 9.59 Å². The van der Waals surface area contributed by atoms with Crippen LogP contribution >= 0.6 is 0 Å². The lowest BCUT2D eigenvalue weighted by molar-refractivity contribution is -0.303. The number of rotatable bonds is 30. The smallest absolute Gasteiger partial charge is 0.251 e. The van der Waals surface area contributed by atoms with Crippen molar-refractivity contribution < 1.29 is 54.1 Å². The molecule has 0 radical (unpaired) electrons. The van der Waals surface area contributed by atoms with Crippen molar-refractivity contribution in [2.45, 2.75) is 184 Å². The van der Waals surface area contributed by atoms with Gasteiger partial charge in [-0.2, -0.15) is 0 Å². The number of carbonyl (C=O) groups excluding carboxylic acids is 2. The first-order valence-corrected chi connectivity index (χ1v) is 20.2. The van der Waals surface area contributed by atoms with Gasteiger partial charge in [0.05, 0.1) is 25.4 Å². The van der Waals surface area contributed by atoms with E-state index in [9.17, 15) is 44.6 Å². The SMILES string of the molecule is CCCCCCCCCCCCCC[C@@H](O)[C@@H](O)[C@H](CO[C@H]1O[C@H](CO)[C@H](O)[C@H](O)[C@H]1O)NC(=O)CCCCCCCCNC(=O)c1ccc(F)cc1. The van der Waals surface area contributed by atoms with Crippen LogP contribution in [-0.4, -0.2) is 111 Å². The summed E-state index contributed by atoms with van der Waals surface area (Å²) in [4.78, 5) is 25.0. The Labute approximate surface area is 315 Å². The largest absolute Gasteiger partial charge is 0.394 e. The molecular weight excluding hydrogens is 687 g/mol. The lowest BCUT2D eigenvalue weighted by atomic mass is 9.98. The van der Waals surface area contributed by atoms with Gasteiger partial charge >= 0.3 is 0 Å². The van der Waals surface area contributed by atoms with Crippen LogP contribution in [0.15, 0.2) is 24.3 Å². The van der Waals surface area contributed by atoms with Crippen LogP contribution in [0.5, 0.6) is 0 Å². The van der Waals surface area contributed by atoms with Crippen molar-refractivity contribution in [3.8, 4) is 0 Å². The number of halogens is 1. The standard InChI is InChI=1S/C40H69FN2O10/c1-2-3-4-5-6-7-8-9-10-11-14-17-20-32(45)35(47)31(28-52-40-38(50)37(49)36(48)33(27-44)53-40)43-34(46)21-18-15-12-13-16-19-26-42-39(51)29-22-24-30(41)25-23-29/h22-25,31-33,35-38,40,44-45,47-50H,2-21,26-28H2,1H3,(H,42,51)(H,43,46)/t31-,32+,33+,35-,36-,37-,38+,40-/m0/s1. The molecule has 0 aliphatic carbocycles. The molecule has 1 aromatic rings. The Kier molecular flexibility index (Phi) is 25.0. The van der Waals surface area contributed by atoms with Crippen molar-refractivity contribution in [3.05, 3.63) is 35.6 Å². The van der Waals surface area contributed by atoms with E-state index in [1.807, 2.05) is 0 Å². The summed E-state index contributed by atoms with van der Waals surface area (Å²) in [6.45, 7) is 1.75. The molecule has 0 unspecified atom stereocenters. The predicted molar refractivity (Wildman–Crippen MR) is 200 cm³/mol. The van der Waals surface area contributed by atoms with Gasteiger partial charge in [0, 0.05) is 18.5 Å². The van der Waals surface area contributed by atoms with E-state index in [1.165, 1.54) is 75.6 Å². The summed E-state index contributed by atoms with van der Waals surface area (Å²) in [5.41, 5.74) is 0.411. The maximum Gasteiger partial charge on any atom is 0.251 e. The molecule has 53 heavy (non-hydrogen) atoms. The van der Waals surface area contributed by atoms with Crippen LogP contribution in [-0.2, 0) is 14.3 Å². The molecule has 12 nitrogen and oxygen atoms in total. The van der Waals surface area contributed by atoms with E-state index in [4.69, 9.17) is 9.47 Å². The highest BCUT2D eigenvalue weighted by Gasteiger charge is 2.44. The summed E-state index contributed by atoms with van der Waals surface area (Å²) in [5.74, 6) is -0.973. The fourth-order valence-corrected chi connectivity index (χ4v) is 6.56. The molecule has 1 aliphatic heterocycles. The van der Waals surface area contributed by atoms with Gasteiger partial charge < -0.3 is 50.7 Å². The zero-order chi connectivity index (χ0) is 38.8. The number of amides is 2. The van der Waals surface area contributed by atoms with Crippen molar-refractivity contribution in [1.82, 2.24) is 10.6 Å². The first-order chi connectivity index (χ1) is 25.6. The second-order valence-electron chi connectivity index (χ2n) is 14.6. The lowest BCUT2D eigenvalue weighted by Gasteiger charge is -2.40. The lowest BCUT2D eigenvalue weighted by Crippen LogP contribution is -2.60. The van der Waals surface area contributed by atoms with Gasteiger partial charge in [0.15, 0.2) is 6.29 Å². The van der Waals surface area contributed by atoms with Gasteiger partial charge in [-0.1, -0.05) is 110 Å². The normalized spacial score (nSPS) is 21.9. The summed E-state index contributed by atoms with van der Waals surface area (Å²) >= 11 is 0. The zero-order valence-electron chi connectivity index (χ0n) is 31.9. The highest BCUT2D eigenvalue weighted by molar-refractivity contribution is 5.94. The second-order valence-corrected chi connectivity index (χ2v) is 14.6. The Hall–Kier alpha value is -2.23. The number of unbranched alkanes of at least 4 members (excludes halogenated alkanes) is 16. The first-order valence-electron chi connectivity index (χ1n) is 20.2. The number of hydrogen-bond acceptors (Lipinski definition) is 10. The predicted octanol–water partition coefficient (Wildman–Crippen LogP) is 4.40. The summed E-state index contributed by atoms with van der Waals surface area (Å²) in [6.07, 6.45) is 9.51. The second kappa shape index (κ2) is 28.2. The van der Waals surface area contributed by atoms with Crippen molar-refractivity contribution in [2.24, 2.45) is 0 Å². The van der Waals surface area contributed by atoms with E-state index in [-0.39, 0.29) is 24.8 Å². The van der Waals surface area contributed by atoms with E-state index in [0.717, 1.165) is 51.4 Å². The van der Waals surface area contributed by atoms with Crippen LogP contribution in [0.1, 0.15) is 146 Å². The van der Waals surface area contributed by atoms with Crippen LogP contribution in [0.25, 0.3) is 0 Å². The Morgan fingerprint density at radius 1 is 0.774 bits per heavy atom. The Balaban J connectivity index is 1.73. The third-order valence-corrected chi connectivity index (χ3v) is 10.0. The molecule has 1 heterocycles. The summed E-state index contributed by atoms with van der Waals surface area (Å²) < 4.78 is 24.1. The monoisotopic (exact) mass is 756 g/mol. The number of hydrogen-bond donors (Lipinski definition) is 8. The molecule has 1 saturated heterocycles. The average Bonchev–Trinajstić information content (AvgIpc) is 3.15. The quantitative estimate of drug-likeness (QED) is 0.0521. The minimum atomic E-state index is -1.64. The van der Waals surface area contributed by atoms with Gasteiger partial charge in [-0.05, 0) is 43.5 Å². The van der Waals surface area contributed by atoms with Crippen LogP contribution in [0, 0.1) is 5.82 Å². The molecule has 8 N–H and O–H groups in total. The topological polar surface area (TPSA) is 198 Å². The molecule has 0 aromatic heterocycles. The molecule has 0 spiro atoms. The van der Waals surface area contributed by atoms with Gasteiger partial charge in [-0.15, -0.1) is 0 Å². The molecule has 306 valence electrons. The van der Waals surface area contributed by atoms with Gasteiger partial charge in [-0.25, -0.2) is 4.39 Å². The van der Waals surface area contributed by atoms with Crippen molar-refractivity contribution in [1.29, 1.82) is 0 Å². The zero-order valence-corrected chi connectivity index (χ0v) is 31.9. The van der Waals surface area contributed by atoms with E-state index >= 15 is 0 Å². The minimum Gasteiger partial charge on any atom is -0.394 e. The summed E-state index contributed by atoms with van der Waals surface area (Å²) in [5, 5.41) is 67.6. The van der Waals surface area contributed by atoms with E-state index in [2.05, 4.69) is 17.6 Å².